The van der Waals surface area contributed by atoms with E-state index in [9.17, 15) is 19.1 Å². The molecule has 1 aliphatic rings. The highest BCUT2D eigenvalue weighted by molar-refractivity contribution is 6.30. The van der Waals surface area contributed by atoms with Gasteiger partial charge in [0, 0.05) is 31.9 Å². The molecule has 3 rings (SSSR count). The number of fused-ring (bicyclic) bond motifs is 1. The number of rotatable bonds is 2. The molecule has 0 bridgehead atoms. The lowest BCUT2D eigenvalue weighted by molar-refractivity contribution is 0.0683. The maximum absolute atomic E-state index is 13.2. The zero-order valence-corrected chi connectivity index (χ0v) is 12.2. The minimum atomic E-state index is -0.591. The van der Waals surface area contributed by atoms with Crippen LogP contribution in [0.1, 0.15) is 16.1 Å². The standard InChI is InChI=1S/C15H12ClFN2O3/c16-10-7-9(1-2-11(10)17)8-19-6-5-18-4-3-12(20)14(21)13(18)15(19)22/h1-4,7,21H,5-6,8H2. The molecule has 1 aliphatic heterocycles. The summed E-state index contributed by atoms with van der Waals surface area (Å²) in [6, 6.07) is 5.46. The average Bonchev–Trinajstić information content (AvgIpc) is 2.49. The predicted octanol–water partition coefficient (Wildman–Crippen LogP) is 2.00. The lowest BCUT2D eigenvalue weighted by Gasteiger charge is -2.30. The quantitative estimate of drug-likeness (QED) is 0.920. The first kappa shape index (κ1) is 14.6. The van der Waals surface area contributed by atoms with Crippen molar-refractivity contribution >= 4 is 17.5 Å². The number of pyridine rings is 1. The first-order valence-electron chi connectivity index (χ1n) is 6.63. The molecule has 2 aromatic rings. The van der Waals surface area contributed by atoms with Crippen molar-refractivity contribution in [2.24, 2.45) is 0 Å². The van der Waals surface area contributed by atoms with Gasteiger partial charge in [0.2, 0.25) is 5.43 Å². The van der Waals surface area contributed by atoms with Crippen molar-refractivity contribution in [3.8, 4) is 5.75 Å². The monoisotopic (exact) mass is 322 g/mol. The first-order chi connectivity index (χ1) is 10.5. The highest BCUT2D eigenvalue weighted by atomic mass is 35.5. The summed E-state index contributed by atoms with van der Waals surface area (Å²) in [7, 11) is 0. The van der Waals surface area contributed by atoms with E-state index in [4.69, 9.17) is 11.6 Å². The van der Waals surface area contributed by atoms with E-state index in [2.05, 4.69) is 0 Å². The van der Waals surface area contributed by atoms with E-state index in [1.807, 2.05) is 0 Å². The highest BCUT2D eigenvalue weighted by Gasteiger charge is 2.28. The van der Waals surface area contributed by atoms with Crippen LogP contribution in [0.15, 0.2) is 35.3 Å². The molecular weight excluding hydrogens is 311 g/mol. The van der Waals surface area contributed by atoms with Gasteiger partial charge in [0.1, 0.15) is 5.82 Å². The van der Waals surface area contributed by atoms with Gasteiger partial charge in [0.05, 0.1) is 5.02 Å². The van der Waals surface area contributed by atoms with Crippen LogP contribution in [0, 0.1) is 5.82 Å². The zero-order chi connectivity index (χ0) is 15.9. The van der Waals surface area contributed by atoms with Crippen LogP contribution < -0.4 is 5.43 Å². The molecule has 1 N–H and O–H groups in total. The Balaban J connectivity index is 1.91. The molecule has 7 heteroatoms. The van der Waals surface area contributed by atoms with E-state index in [0.717, 1.165) is 0 Å². The summed E-state index contributed by atoms with van der Waals surface area (Å²) in [5.41, 5.74) is 0.0594. The lowest BCUT2D eigenvalue weighted by atomic mass is 10.1. The van der Waals surface area contributed by atoms with Gasteiger partial charge in [-0.1, -0.05) is 17.7 Å². The zero-order valence-electron chi connectivity index (χ0n) is 11.4. The molecule has 114 valence electrons. The van der Waals surface area contributed by atoms with Gasteiger partial charge >= 0.3 is 0 Å². The molecule has 0 unspecified atom stereocenters. The van der Waals surface area contributed by atoms with Crippen LogP contribution in [-0.4, -0.2) is 27.0 Å². The third-order valence-corrected chi connectivity index (χ3v) is 3.90. The third-order valence-electron chi connectivity index (χ3n) is 3.61. The van der Waals surface area contributed by atoms with Crippen molar-refractivity contribution < 1.29 is 14.3 Å². The Morgan fingerprint density at radius 1 is 1.23 bits per heavy atom. The van der Waals surface area contributed by atoms with Gasteiger partial charge in [-0.15, -0.1) is 0 Å². The minimum absolute atomic E-state index is 0.0126. The van der Waals surface area contributed by atoms with Gasteiger partial charge in [-0.05, 0) is 17.7 Å². The van der Waals surface area contributed by atoms with Crippen LogP contribution >= 0.6 is 11.6 Å². The Hall–Kier alpha value is -2.34. The van der Waals surface area contributed by atoms with Gasteiger partial charge in [0.25, 0.3) is 5.91 Å². The van der Waals surface area contributed by atoms with E-state index in [1.165, 1.54) is 29.3 Å². The van der Waals surface area contributed by atoms with E-state index in [0.29, 0.717) is 18.7 Å². The lowest BCUT2D eigenvalue weighted by Crippen LogP contribution is -2.41. The SMILES string of the molecule is O=C1c2c(O)c(=O)ccn2CCN1Cc1ccc(F)c(Cl)c1. The first-order valence-corrected chi connectivity index (χ1v) is 7.01. The Morgan fingerprint density at radius 2 is 2.00 bits per heavy atom. The second kappa shape index (κ2) is 5.46. The number of carbonyl (C=O) groups excluding carboxylic acids is 1. The van der Waals surface area contributed by atoms with Crippen molar-refractivity contribution in [1.29, 1.82) is 0 Å². The van der Waals surface area contributed by atoms with Gasteiger partial charge < -0.3 is 14.6 Å². The van der Waals surface area contributed by atoms with Crippen LogP contribution in [-0.2, 0) is 13.1 Å². The van der Waals surface area contributed by atoms with Crippen LogP contribution in [0.5, 0.6) is 5.75 Å². The fourth-order valence-corrected chi connectivity index (χ4v) is 2.67. The van der Waals surface area contributed by atoms with Gasteiger partial charge in [-0.25, -0.2) is 4.39 Å². The van der Waals surface area contributed by atoms with E-state index in [1.54, 1.807) is 10.6 Å². The van der Waals surface area contributed by atoms with Crippen LogP contribution in [0.4, 0.5) is 4.39 Å². The summed E-state index contributed by atoms with van der Waals surface area (Å²) in [6.45, 7) is 1.11. The highest BCUT2D eigenvalue weighted by Crippen LogP contribution is 2.22. The molecule has 0 saturated heterocycles. The Bertz CT molecular complexity index is 819. The molecule has 1 aromatic carbocycles. The Kier molecular flexibility index (Phi) is 3.62. The maximum Gasteiger partial charge on any atom is 0.274 e. The fourth-order valence-electron chi connectivity index (χ4n) is 2.46. The number of carbonyl (C=O) groups is 1. The summed E-state index contributed by atoms with van der Waals surface area (Å²) >= 11 is 5.73. The van der Waals surface area contributed by atoms with Gasteiger partial charge in [-0.3, -0.25) is 9.59 Å². The molecule has 2 heterocycles. The maximum atomic E-state index is 13.2. The smallest absolute Gasteiger partial charge is 0.274 e. The molecule has 22 heavy (non-hydrogen) atoms. The molecule has 0 aliphatic carbocycles. The second-order valence-corrected chi connectivity index (χ2v) is 5.45. The molecule has 0 fully saturated rings. The van der Waals surface area contributed by atoms with Gasteiger partial charge in [-0.2, -0.15) is 0 Å². The van der Waals surface area contributed by atoms with Crippen molar-refractivity contribution in [1.82, 2.24) is 9.47 Å². The molecule has 0 radical (unpaired) electrons. The molecule has 1 aromatic heterocycles. The number of amides is 1. The summed E-state index contributed by atoms with van der Waals surface area (Å²) in [6.07, 6.45) is 1.49. The number of benzene rings is 1. The predicted molar refractivity (Wildman–Crippen MR) is 78.5 cm³/mol. The molecule has 5 nitrogen and oxygen atoms in total. The van der Waals surface area contributed by atoms with Crippen LogP contribution in [0.25, 0.3) is 0 Å². The third kappa shape index (κ3) is 2.46. The van der Waals surface area contributed by atoms with Crippen LogP contribution in [0.2, 0.25) is 5.02 Å². The van der Waals surface area contributed by atoms with Crippen molar-refractivity contribution in [3.63, 3.8) is 0 Å². The van der Waals surface area contributed by atoms with E-state index in [-0.39, 0.29) is 17.3 Å². The van der Waals surface area contributed by atoms with Crippen molar-refractivity contribution in [3.05, 3.63) is 62.8 Å². The Labute approximate surface area is 130 Å². The van der Waals surface area contributed by atoms with Crippen LogP contribution in [0.3, 0.4) is 0 Å². The Morgan fingerprint density at radius 3 is 2.73 bits per heavy atom. The normalized spacial score (nSPS) is 14.1. The van der Waals surface area contributed by atoms with E-state index >= 15 is 0 Å². The molecule has 0 atom stereocenters. The summed E-state index contributed by atoms with van der Waals surface area (Å²) in [5.74, 6) is -1.51. The summed E-state index contributed by atoms with van der Waals surface area (Å²) < 4.78 is 14.7. The second-order valence-electron chi connectivity index (χ2n) is 5.05. The van der Waals surface area contributed by atoms with Gasteiger partial charge in [0.15, 0.2) is 11.4 Å². The number of aromatic hydroxyl groups is 1. The minimum Gasteiger partial charge on any atom is -0.503 e. The number of aromatic nitrogens is 1. The van der Waals surface area contributed by atoms with E-state index < -0.39 is 22.9 Å². The topological polar surface area (TPSA) is 62.5 Å². The number of nitrogens with zero attached hydrogens (tertiary/aromatic N) is 2. The number of halogens is 2. The fraction of sp³-hybridized carbons (Fsp3) is 0.200. The number of hydrogen-bond acceptors (Lipinski definition) is 3. The van der Waals surface area contributed by atoms with Crippen molar-refractivity contribution in [2.75, 3.05) is 6.54 Å². The molecular formula is C15H12ClFN2O3. The summed E-state index contributed by atoms with van der Waals surface area (Å²) in [5, 5.41) is 9.81. The molecule has 1 amide bonds. The largest absolute Gasteiger partial charge is 0.503 e. The van der Waals surface area contributed by atoms with Crippen molar-refractivity contribution in [2.45, 2.75) is 13.1 Å². The number of hydrogen-bond donors (Lipinski definition) is 1. The summed E-state index contributed by atoms with van der Waals surface area (Å²) in [4.78, 5) is 25.4. The average molecular weight is 323 g/mol. The molecule has 0 spiro atoms. The molecule has 0 saturated carbocycles.